The molecule has 0 radical (unpaired) electrons. The van der Waals surface area contributed by atoms with Gasteiger partial charge in [-0.2, -0.15) is 0 Å². The minimum Gasteiger partial charge on any atom is -0.476 e. The smallest absolute Gasteiger partial charge is 0.220 e. The van der Waals surface area contributed by atoms with Crippen LogP contribution in [0.4, 0.5) is 4.39 Å². The second-order valence-electron chi connectivity index (χ2n) is 6.57. The maximum absolute atomic E-state index is 13.9. The number of nitrogens with two attached hydrogens (primary N) is 1. The first kappa shape index (κ1) is 16.0. The first-order chi connectivity index (χ1) is 12.3. The van der Waals surface area contributed by atoms with Crippen LogP contribution in [-0.2, 0) is 0 Å². The molecule has 0 bridgehead atoms. The highest BCUT2D eigenvalue weighted by molar-refractivity contribution is 5.62. The first-order valence-corrected chi connectivity index (χ1v) is 8.68. The fraction of sp³-hybridized carbons (Fsp3) is 0.286. The van der Waals surface area contributed by atoms with E-state index in [4.69, 9.17) is 10.5 Å². The topological polar surface area (TPSA) is 48.1 Å². The summed E-state index contributed by atoms with van der Waals surface area (Å²) < 4.78 is 19.6. The molecule has 1 fully saturated rings. The van der Waals surface area contributed by atoms with E-state index in [2.05, 4.69) is 35.4 Å². The van der Waals surface area contributed by atoms with E-state index in [9.17, 15) is 4.39 Å². The van der Waals surface area contributed by atoms with Crippen LogP contribution in [0, 0.1) is 23.7 Å². The summed E-state index contributed by atoms with van der Waals surface area (Å²) in [5.41, 5.74) is 7.66. The van der Waals surface area contributed by atoms with Crippen LogP contribution in [0.5, 0.6) is 5.88 Å². The van der Waals surface area contributed by atoms with Crippen molar-refractivity contribution in [1.29, 1.82) is 0 Å². The zero-order valence-electron chi connectivity index (χ0n) is 13.9. The third-order valence-electron chi connectivity index (χ3n) is 5.10. The molecule has 0 spiro atoms. The van der Waals surface area contributed by atoms with Gasteiger partial charge in [0, 0.05) is 30.1 Å². The Morgan fingerprint density at radius 1 is 1.16 bits per heavy atom. The minimum atomic E-state index is -0.162. The number of rotatable bonds is 4. The van der Waals surface area contributed by atoms with Gasteiger partial charge in [-0.25, -0.2) is 9.37 Å². The third kappa shape index (κ3) is 2.98. The molecule has 0 amide bonds. The molecule has 0 aliphatic heterocycles. The maximum atomic E-state index is 13.9. The Kier molecular flexibility index (Phi) is 4.36. The number of aromatic nitrogens is 1. The lowest BCUT2D eigenvalue weighted by Crippen LogP contribution is -2.14. The summed E-state index contributed by atoms with van der Waals surface area (Å²) in [5, 5.41) is 0. The minimum absolute atomic E-state index is 0.0648. The van der Waals surface area contributed by atoms with Crippen LogP contribution in [0.1, 0.15) is 5.56 Å². The molecule has 4 atom stereocenters. The number of allylic oxidation sites excluding steroid dienone is 9. The Hall–Kier alpha value is -2.46. The van der Waals surface area contributed by atoms with Crippen LogP contribution in [0.2, 0.25) is 0 Å². The molecule has 3 aliphatic carbocycles. The second-order valence-corrected chi connectivity index (χ2v) is 6.57. The Morgan fingerprint density at radius 3 is 2.88 bits per heavy atom. The van der Waals surface area contributed by atoms with Gasteiger partial charge >= 0.3 is 0 Å². The zero-order valence-corrected chi connectivity index (χ0v) is 13.9. The van der Waals surface area contributed by atoms with Gasteiger partial charge in [0.1, 0.15) is 12.4 Å². The summed E-state index contributed by atoms with van der Waals surface area (Å²) in [6.07, 6.45) is 17.8. The van der Waals surface area contributed by atoms with E-state index < -0.39 is 0 Å². The fourth-order valence-corrected chi connectivity index (χ4v) is 4.06. The van der Waals surface area contributed by atoms with E-state index in [-0.39, 0.29) is 17.7 Å². The highest BCUT2D eigenvalue weighted by atomic mass is 19.1. The van der Waals surface area contributed by atoms with Gasteiger partial charge in [0.15, 0.2) is 0 Å². The number of hydrogen-bond acceptors (Lipinski definition) is 3. The number of halogens is 1. The quantitative estimate of drug-likeness (QED) is 0.909. The van der Waals surface area contributed by atoms with Crippen LogP contribution < -0.4 is 10.5 Å². The molecule has 1 aromatic rings. The average Bonchev–Trinajstić information content (AvgIpc) is 2.94. The van der Waals surface area contributed by atoms with Crippen molar-refractivity contribution in [3.63, 3.8) is 0 Å². The van der Waals surface area contributed by atoms with Crippen LogP contribution in [0.15, 0.2) is 72.3 Å². The van der Waals surface area contributed by atoms with Gasteiger partial charge in [-0.1, -0.05) is 36.0 Å². The Balaban J connectivity index is 1.75. The summed E-state index contributed by atoms with van der Waals surface area (Å²) in [7, 11) is 0. The van der Waals surface area contributed by atoms with Crippen LogP contribution in [-0.4, -0.2) is 18.1 Å². The van der Waals surface area contributed by atoms with Crippen molar-refractivity contribution in [3.05, 3.63) is 77.8 Å². The van der Waals surface area contributed by atoms with Gasteiger partial charge in [-0.15, -0.1) is 0 Å². The van der Waals surface area contributed by atoms with Gasteiger partial charge in [0.05, 0.1) is 0 Å². The standard InChI is InChI=1S/C21H21FN2O/c22-15-7-8-18-16-5-1-2-6-17(16)19(20(18)13-15)12-14-4-3-10-24-21(14)25-11-9-23/h1-8,10,12-13,16-18,20H,9,11,23H2/b19-12+. The van der Waals surface area contributed by atoms with Crippen molar-refractivity contribution in [2.75, 3.05) is 13.2 Å². The molecule has 3 nitrogen and oxygen atoms in total. The van der Waals surface area contributed by atoms with Gasteiger partial charge in [0.2, 0.25) is 5.88 Å². The summed E-state index contributed by atoms with van der Waals surface area (Å²) in [6, 6.07) is 3.87. The van der Waals surface area contributed by atoms with Crippen LogP contribution in [0.3, 0.4) is 0 Å². The number of fused-ring (bicyclic) bond motifs is 3. The number of nitrogens with zero attached hydrogens (tertiary/aromatic N) is 1. The maximum Gasteiger partial charge on any atom is 0.220 e. The highest BCUT2D eigenvalue weighted by Crippen LogP contribution is 2.52. The molecule has 4 rings (SSSR count). The van der Waals surface area contributed by atoms with E-state index in [0.717, 1.165) is 5.56 Å². The predicted octanol–water partition coefficient (Wildman–Crippen LogP) is 3.83. The van der Waals surface area contributed by atoms with Crippen molar-refractivity contribution in [1.82, 2.24) is 4.98 Å². The van der Waals surface area contributed by atoms with Gasteiger partial charge < -0.3 is 10.5 Å². The van der Waals surface area contributed by atoms with E-state index in [1.165, 1.54) is 5.57 Å². The lowest BCUT2D eigenvalue weighted by molar-refractivity contribution is 0.315. The normalized spacial score (nSPS) is 31.0. The van der Waals surface area contributed by atoms with Gasteiger partial charge in [-0.05, 0) is 42.2 Å². The molecular formula is C21H21FN2O. The molecule has 1 aromatic heterocycles. The monoisotopic (exact) mass is 336 g/mol. The molecule has 1 saturated carbocycles. The summed E-state index contributed by atoms with van der Waals surface area (Å²) in [4.78, 5) is 4.32. The molecule has 128 valence electrons. The van der Waals surface area contributed by atoms with Crippen molar-refractivity contribution in [2.24, 2.45) is 29.4 Å². The Bertz CT molecular complexity index is 806. The molecule has 2 N–H and O–H groups in total. The zero-order chi connectivity index (χ0) is 17.2. The number of hydrogen-bond donors (Lipinski definition) is 1. The molecule has 25 heavy (non-hydrogen) atoms. The second kappa shape index (κ2) is 6.81. The van der Waals surface area contributed by atoms with E-state index in [1.54, 1.807) is 18.3 Å². The highest BCUT2D eigenvalue weighted by Gasteiger charge is 2.44. The first-order valence-electron chi connectivity index (χ1n) is 8.68. The van der Waals surface area contributed by atoms with Crippen molar-refractivity contribution >= 4 is 6.08 Å². The predicted molar refractivity (Wildman–Crippen MR) is 97.3 cm³/mol. The third-order valence-corrected chi connectivity index (χ3v) is 5.10. The van der Waals surface area contributed by atoms with E-state index in [0.29, 0.717) is 30.9 Å². The van der Waals surface area contributed by atoms with Gasteiger partial charge in [-0.3, -0.25) is 0 Å². The van der Waals surface area contributed by atoms with Crippen LogP contribution in [0.25, 0.3) is 6.08 Å². The fourth-order valence-electron chi connectivity index (χ4n) is 4.06. The number of ether oxygens (including phenoxy) is 1. The Labute approximate surface area is 147 Å². The Morgan fingerprint density at radius 2 is 2.00 bits per heavy atom. The van der Waals surface area contributed by atoms with Gasteiger partial charge in [0.25, 0.3) is 0 Å². The molecule has 4 unspecified atom stereocenters. The van der Waals surface area contributed by atoms with E-state index >= 15 is 0 Å². The lowest BCUT2D eigenvalue weighted by Gasteiger charge is -2.21. The molecular weight excluding hydrogens is 315 g/mol. The largest absolute Gasteiger partial charge is 0.476 e. The SMILES string of the molecule is NCCOc1ncccc1/C=C1\C2C=CC=CC2C2C=CC(F)=CC12. The summed E-state index contributed by atoms with van der Waals surface area (Å²) in [5.74, 6) is 1.41. The lowest BCUT2D eigenvalue weighted by atomic mass is 9.83. The molecule has 1 heterocycles. The molecule has 0 saturated heterocycles. The van der Waals surface area contributed by atoms with Crippen molar-refractivity contribution in [2.45, 2.75) is 0 Å². The van der Waals surface area contributed by atoms with Crippen molar-refractivity contribution < 1.29 is 9.13 Å². The summed E-state index contributed by atoms with van der Waals surface area (Å²) in [6.45, 7) is 0.861. The van der Waals surface area contributed by atoms with Crippen LogP contribution >= 0.6 is 0 Å². The number of pyridine rings is 1. The van der Waals surface area contributed by atoms with Crippen molar-refractivity contribution in [3.8, 4) is 5.88 Å². The molecule has 0 aromatic carbocycles. The average molecular weight is 336 g/mol. The van der Waals surface area contributed by atoms with E-state index in [1.807, 2.05) is 18.2 Å². The summed E-state index contributed by atoms with van der Waals surface area (Å²) >= 11 is 0. The molecule has 4 heteroatoms. The molecule has 3 aliphatic rings.